The monoisotopic (exact) mass is 782 g/mol. The highest BCUT2D eigenvalue weighted by molar-refractivity contribution is 6.02. The number of hydrogen-bond donors (Lipinski definition) is 2. The Morgan fingerprint density at radius 2 is 1.58 bits per heavy atom. The van der Waals surface area contributed by atoms with Crippen molar-refractivity contribution in [2.75, 3.05) is 55.6 Å². The highest BCUT2D eigenvalue weighted by atomic mass is 19.4. The lowest BCUT2D eigenvalue weighted by molar-refractivity contribution is -0.134. The minimum absolute atomic E-state index is 0.230. The van der Waals surface area contributed by atoms with Crippen molar-refractivity contribution in [2.24, 2.45) is 13.0 Å². The average Bonchev–Trinajstić information content (AvgIpc) is 3.67. The molecule has 9 rings (SSSR count). The first-order valence-electron chi connectivity index (χ1n) is 20.1. The molecule has 0 unspecified atom stereocenters. The van der Waals surface area contributed by atoms with Crippen LogP contribution in [-0.4, -0.2) is 88.7 Å². The molecular weight excluding hydrogens is 737 g/mol. The molecule has 0 spiro atoms. The maximum atomic E-state index is 14.8. The van der Waals surface area contributed by atoms with Crippen LogP contribution in [0.4, 0.5) is 28.9 Å². The normalized spacial score (nSPS) is 20.4. The van der Waals surface area contributed by atoms with Crippen LogP contribution in [0.15, 0.2) is 60.2 Å². The van der Waals surface area contributed by atoms with Gasteiger partial charge in [0.1, 0.15) is 0 Å². The second-order valence-electron chi connectivity index (χ2n) is 16.1. The van der Waals surface area contributed by atoms with Crippen molar-refractivity contribution >= 4 is 50.6 Å². The fourth-order valence-corrected chi connectivity index (χ4v) is 9.66. The molecule has 2 aromatic heterocycles. The molecule has 3 aromatic carbocycles. The zero-order chi connectivity index (χ0) is 39.4. The van der Waals surface area contributed by atoms with Crippen LogP contribution in [0.5, 0.6) is 0 Å². The van der Waals surface area contributed by atoms with Gasteiger partial charge in [-0.1, -0.05) is 23.8 Å². The Kier molecular flexibility index (Phi) is 9.78. The van der Waals surface area contributed by atoms with E-state index >= 15 is 0 Å². The Bertz CT molecular complexity index is 2370. The van der Waals surface area contributed by atoms with Gasteiger partial charge >= 0.3 is 6.18 Å². The third-order valence-corrected chi connectivity index (χ3v) is 12.6. The number of halogens is 4. The van der Waals surface area contributed by atoms with Crippen LogP contribution in [0.3, 0.4) is 0 Å². The van der Waals surface area contributed by atoms with E-state index in [1.54, 1.807) is 6.07 Å². The number of nitrogens with one attached hydrogen (secondary N) is 2. The molecule has 1 aliphatic carbocycles. The minimum atomic E-state index is -4.35. The van der Waals surface area contributed by atoms with E-state index in [-0.39, 0.29) is 11.8 Å². The van der Waals surface area contributed by atoms with E-state index in [2.05, 4.69) is 48.4 Å². The van der Waals surface area contributed by atoms with Crippen molar-refractivity contribution in [1.82, 2.24) is 30.2 Å². The summed E-state index contributed by atoms with van der Waals surface area (Å²) in [4.78, 5) is 31.6. The molecule has 0 saturated carbocycles. The number of aromatic nitrogens is 4. The van der Waals surface area contributed by atoms with Crippen LogP contribution < -0.4 is 15.1 Å². The Morgan fingerprint density at radius 3 is 2.32 bits per heavy atom. The Morgan fingerprint density at radius 1 is 0.842 bits per heavy atom. The van der Waals surface area contributed by atoms with Crippen molar-refractivity contribution in [3.05, 3.63) is 88.5 Å². The fourth-order valence-electron chi connectivity index (χ4n) is 9.66. The number of amides is 2. The molecule has 2 N–H and O–H groups in total. The molecule has 57 heavy (non-hydrogen) atoms. The lowest BCUT2D eigenvalue weighted by Gasteiger charge is -2.40. The highest BCUT2D eigenvalue weighted by Gasteiger charge is 2.34. The van der Waals surface area contributed by atoms with E-state index in [0.29, 0.717) is 71.2 Å². The zero-order valence-corrected chi connectivity index (χ0v) is 32.0. The number of piperazine rings is 1. The van der Waals surface area contributed by atoms with Crippen molar-refractivity contribution < 1.29 is 27.2 Å². The van der Waals surface area contributed by atoms with Gasteiger partial charge in [-0.3, -0.25) is 29.6 Å². The summed E-state index contributed by atoms with van der Waals surface area (Å²) in [6.07, 6.45) is -1.14. The molecule has 2 amide bonds. The number of H-pyrrole nitrogens is 1. The summed E-state index contributed by atoms with van der Waals surface area (Å²) >= 11 is 0. The molecule has 5 aromatic rings. The number of piperidine rings is 2. The van der Waals surface area contributed by atoms with Gasteiger partial charge in [-0.05, 0) is 103 Å². The predicted molar refractivity (Wildman–Crippen MR) is 212 cm³/mol. The first-order valence-corrected chi connectivity index (χ1v) is 20.1. The maximum absolute atomic E-state index is 14.8. The van der Waals surface area contributed by atoms with Gasteiger partial charge in [0.25, 0.3) is 0 Å². The van der Waals surface area contributed by atoms with Crippen molar-refractivity contribution in [3.8, 4) is 0 Å². The molecule has 4 aliphatic rings. The summed E-state index contributed by atoms with van der Waals surface area (Å²) in [7, 11) is 1.90. The number of anilines is 2. The smallest absolute Gasteiger partial charge is 0.372 e. The maximum Gasteiger partial charge on any atom is 0.392 e. The van der Waals surface area contributed by atoms with Gasteiger partial charge in [0.05, 0.1) is 34.5 Å². The van der Waals surface area contributed by atoms with Crippen molar-refractivity contribution in [1.29, 1.82) is 0 Å². The molecule has 298 valence electrons. The number of aromatic amines is 1. The van der Waals surface area contributed by atoms with Gasteiger partial charge in [0.15, 0.2) is 0 Å². The molecule has 5 heterocycles. The van der Waals surface area contributed by atoms with Crippen LogP contribution in [0.1, 0.15) is 73.2 Å². The van der Waals surface area contributed by atoms with Gasteiger partial charge in [0.2, 0.25) is 17.8 Å². The second kappa shape index (κ2) is 14.9. The first kappa shape index (κ1) is 37.3. The number of carbonyl (C=O) groups excluding carboxylic acids is 2. The number of imide groups is 1. The summed E-state index contributed by atoms with van der Waals surface area (Å²) in [5, 5.41) is 14.9. The Hall–Kier alpha value is -5.24. The van der Waals surface area contributed by atoms with Crippen LogP contribution in [0.2, 0.25) is 0 Å². The molecular formula is C43H46F4N8O2. The van der Waals surface area contributed by atoms with Gasteiger partial charge in [-0.2, -0.15) is 22.7 Å². The number of hydrogen-bond acceptors (Lipinski definition) is 7. The second-order valence-corrected chi connectivity index (χ2v) is 16.1. The lowest BCUT2D eigenvalue weighted by atomic mass is 9.88. The number of benzene rings is 3. The molecule has 14 heteroatoms. The summed E-state index contributed by atoms with van der Waals surface area (Å²) in [6, 6.07) is 17.8. The van der Waals surface area contributed by atoms with Gasteiger partial charge in [0, 0.05) is 76.0 Å². The van der Waals surface area contributed by atoms with E-state index in [1.165, 1.54) is 0 Å². The summed E-state index contributed by atoms with van der Waals surface area (Å²) in [5.74, 6) is -0.964. The number of fused-ring (bicyclic) bond motifs is 4. The molecule has 3 aliphatic heterocycles. The van der Waals surface area contributed by atoms with Gasteiger partial charge in [-0.15, -0.1) is 5.10 Å². The summed E-state index contributed by atoms with van der Waals surface area (Å²) < 4.78 is 58.2. The number of nitrogens with zero attached hydrogens (tertiary/aromatic N) is 6. The SMILES string of the molecule is Cn1nc([C@H]2CCC(=O)NC2=O)c2ccc(N3CCN(CC4CCN(c5ccc(C6=C(CC(F)(F)F)CCCc7c6ccc6[nH]nc(F)c76)cc5)CC4)CC3)cc21. The Labute approximate surface area is 327 Å². The van der Waals surface area contributed by atoms with Gasteiger partial charge in [-0.25, -0.2) is 0 Å². The predicted octanol–water partition coefficient (Wildman–Crippen LogP) is 7.24. The fraction of sp³-hybridized carbons (Fsp3) is 0.442. The molecule has 3 fully saturated rings. The quantitative estimate of drug-likeness (QED) is 0.133. The topological polar surface area (TPSA) is 102 Å². The van der Waals surface area contributed by atoms with E-state index in [9.17, 15) is 27.2 Å². The summed E-state index contributed by atoms with van der Waals surface area (Å²) in [6.45, 7) is 6.67. The lowest BCUT2D eigenvalue weighted by Crippen LogP contribution is -2.49. The third-order valence-electron chi connectivity index (χ3n) is 12.6. The molecule has 1 atom stereocenters. The number of allylic oxidation sites excluding steroid dienone is 1. The third kappa shape index (κ3) is 7.39. The zero-order valence-electron chi connectivity index (χ0n) is 32.0. The standard InChI is InChI=1S/C43H46F4N8O2/c1-52-36-23-30(9-10-33(36)40(51-52)34-12-14-37(56)48-42(34)57)55-21-19-53(20-22-55)25-26-15-17-54(18-16-26)29-7-5-27(6-8-29)38-28(24-43(45,46)47)3-2-4-31-32(38)11-13-35-39(31)41(44)50-49-35/h5-11,13,23,26,34H,2-4,12,14-22,24-25H2,1H3,(H,49,50)(H,48,56,57)/t34-/m1/s1. The molecule has 0 radical (unpaired) electrons. The van der Waals surface area contributed by atoms with E-state index in [1.807, 2.05) is 42.1 Å². The molecule has 3 saturated heterocycles. The number of carbonyl (C=O) groups is 2. The van der Waals surface area contributed by atoms with E-state index in [4.69, 9.17) is 5.10 Å². The van der Waals surface area contributed by atoms with Crippen LogP contribution in [0.25, 0.3) is 27.4 Å². The Balaban J connectivity index is 0.822. The van der Waals surface area contributed by atoms with E-state index in [0.717, 1.165) is 92.2 Å². The van der Waals surface area contributed by atoms with E-state index < -0.39 is 24.5 Å². The number of aryl methyl sites for hydroxylation is 2. The van der Waals surface area contributed by atoms with Crippen molar-refractivity contribution in [2.45, 2.75) is 63.5 Å². The molecule has 10 nitrogen and oxygen atoms in total. The number of alkyl halides is 3. The van der Waals surface area contributed by atoms with Crippen molar-refractivity contribution in [3.63, 3.8) is 0 Å². The van der Waals surface area contributed by atoms with Crippen LogP contribution in [0, 0.1) is 11.9 Å². The van der Waals surface area contributed by atoms with Gasteiger partial charge < -0.3 is 9.80 Å². The summed E-state index contributed by atoms with van der Waals surface area (Å²) in [5.41, 5.74) is 7.44. The molecule has 0 bridgehead atoms. The highest BCUT2D eigenvalue weighted by Crippen LogP contribution is 2.43. The van der Waals surface area contributed by atoms with Crippen LogP contribution >= 0.6 is 0 Å². The first-order chi connectivity index (χ1) is 27.5. The largest absolute Gasteiger partial charge is 0.392 e. The average molecular weight is 783 g/mol. The number of rotatable bonds is 7. The van der Waals surface area contributed by atoms with Crippen LogP contribution in [-0.2, 0) is 23.1 Å². The minimum Gasteiger partial charge on any atom is -0.372 e.